The summed E-state index contributed by atoms with van der Waals surface area (Å²) in [6.07, 6.45) is 2.77. The molecule has 0 radical (unpaired) electrons. The van der Waals surface area contributed by atoms with Gasteiger partial charge in [0.15, 0.2) is 0 Å². The Labute approximate surface area is 112 Å². The van der Waals surface area contributed by atoms with Crippen LogP contribution in [0.25, 0.3) is 0 Å². The van der Waals surface area contributed by atoms with E-state index in [2.05, 4.69) is 50.9 Å². The minimum atomic E-state index is 0.799. The molecule has 0 spiro atoms. The summed E-state index contributed by atoms with van der Waals surface area (Å²) in [4.78, 5) is 5.20. The fraction of sp³-hybridized carbons (Fsp3) is 0.571. The van der Waals surface area contributed by atoms with Crippen molar-refractivity contribution in [2.24, 2.45) is 0 Å². The predicted octanol–water partition coefficient (Wildman–Crippen LogP) is 3.04. The molecule has 1 aromatic rings. The lowest BCUT2D eigenvalue weighted by Crippen LogP contribution is -2.50. The van der Waals surface area contributed by atoms with Crippen LogP contribution in [0.15, 0.2) is 22.7 Å². The second-order valence-corrected chi connectivity index (χ2v) is 6.07. The number of nitrogens with zero attached hydrogens (tertiary/aromatic N) is 2. The summed E-state index contributed by atoms with van der Waals surface area (Å²) in [5.74, 6) is 0. The van der Waals surface area contributed by atoms with Crippen molar-refractivity contribution in [1.29, 1.82) is 0 Å². The van der Waals surface area contributed by atoms with E-state index in [0.717, 1.165) is 6.04 Å². The fourth-order valence-electron chi connectivity index (χ4n) is 3.05. The predicted molar refractivity (Wildman–Crippen MR) is 75.7 cm³/mol. The normalized spacial score (nSPS) is 25.1. The zero-order valence-electron chi connectivity index (χ0n) is 10.3. The molecule has 0 saturated carbocycles. The molecule has 2 fully saturated rings. The smallest absolute Gasteiger partial charge is 0.0370 e. The van der Waals surface area contributed by atoms with E-state index in [1.165, 1.54) is 54.7 Å². The highest BCUT2D eigenvalue weighted by Crippen LogP contribution is 2.27. The molecule has 0 aliphatic carbocycles. The molecule has 3 heteroatoms. The van der Waals surface area contributed by atoms with Gasteiger partial charge in [-0.25, -0.2) is 0 Å². The van der Waals surface area contributed by atoms with Crippen molar-refractivity contribution in [3.8, 4) is 0 Å². The van der Waals surface area contributed by atoms with Gasteiger partial charge in [0.1, 0.15) is 0 Å². The minimum Gasteiger partial charge on any atom is -0.369 e. The van der Waals surface area contributed by atoms with E-state index in [-0.39, 0.29) is 0 Å². The largest absolute Gasteiger partial charge is 0.369 e. The van der Waals surface area contributed by atoms with Crippen molar-refractivity contribution in [3.63, 3.8) is 0 Å². The standard InChI is InChI=1S/C14H19BrN2/c1-11-9-12(4-5-14(11)15)17-8-7-16-6-2-3-13(16)10-17/h4-5,9,13H,2-3,6-8,10H2,1H3. The monoisotopic (exact) mass is 294 g/mol. The molecule has 2 aliphatic rings. The Morgan fingerprint density at radius 3 is 2.94 bits per heavy atom. The molecule has 17 heavy (non-hydrogen) atoms. The van der Waals surface area contributed by atoms with Crippen molar-refractivity contribution in [2.45, 2.75) is 25.8 Å². The molecule has 92 valence electrons. The first-order valence-electron chi connectivity index (χ1n) is 6.49. The molecular weight excluding hydrogens is 276 g/mol. The number of fused-ring (bicyclic) bond motifs is 1. The van der Waals surface area contributed by atoms with Crippen LogP contribution in [0.5, 0.6) is 0 Å². The molecule has 3 rings (SSSR count). The van der Waals surface area contributed by atoms with Crippen LogP contribution in [0.2, 0.25) is 0 Å². The lowest BCUT2D eigenvalue weighted by Gasteiger charge is -2.39. The maximum atomic E-state index is 3.57. The molecule has 0 amide bonds. The molecule has 1 unspecified atom stereocenters. The van der Waals surface area contributed by atoms with Gasteiger partial charge in [0.25, 0.3) is 0 Å². The highest BCUT2D eigenvalue weighted by Gasteiger charge is 2.30. The highest BCUT2D eigenvalue weighted by atomic mass is 79.9. The van der Waals surface area contributed by atoms with Crippen LogP contribution in [0.4, 0.5) is 5.69 Å². The van der Waals surface area contributed by atoms with E-state index >= 15 is 0 Å². The van der Waals surface area contributed by atoms with Crippen molar-refractivity contribution in [1.82, 2.24) is 4.90 Å². The molecule has 1 atom stereocenters. The molecule has 0 bridgehead atoms. The maximum absolute atomic E-state index is 3.57. The second-order valence-electron chi connectivity index (χ2n) is 5.21. The first kappa shape index (κ1) is 11.5. The Balaban J connectivity index is 1.78. The van der Waals surface area contributed by atoms with Gasteiger partial charge >= 0.3 is 0 Å². The molecular formula is C14H19BrN2. The van der Waals surface area contributed by atoms with E-state index in [1.54, 1.807) is 0 Å². The topological polar surface area (TPSA) is 6.48 Å². The first-order valence-corrected chi connectivity index (χ1v) is 7.28. The van der Waals surface area contributed by atoms with E-state index < -0.39 is 0 Å². The van der Waals surface area contributed by atoms with Gasteiger partial charge in [0, 0.05) is 35.8 Å². The number of hydrogen-bond donors (Lipinski definition) is 0. The zero-order chi connectivity index (χ0) is 11.8. The summed E-state index contributed by atoms with van der Waals surface area (Å²) in [6, 6.07) is 7.51. The van der Waals surface area contributed by atoms with E-state index in [9.17, 15) is 0 Å². The molecule has 1 aromatic carbocycles. The van der Waals surface area contributed by atoms with Gasteiger partial charge in [-0.05, 0) is 50.1 Å². The van der Waals surface area contributed by atoms with E-state index in [1.807, 2.05) is 0 Å². The summed E-state index contributed by atoms with van der Waals surface area (Å²) < 4.78 is 1.21. The number of halogens is 1. The van der Waals surface area contributed by atoms with Crippen LogP contribution in [0, 0.1) is 6.92 Å². The molecule has 0 aromatic heterocycles. The minimum absolute atomic E-state index is 0.799. The van der Waals surface area contributed by atoms with Gasteiger partial charge in [0.2, 0.25) is 0 Å². The van der Waals surface area contributed by atoms with Gasteiger partial charge in [-0.2, -0.15) is 0 Å². The van der Waals surface area contributed by atoms with Gasteiger partial charge in [-0.3, -0.25) is 4.90 Å². The van der Waals surface area contributed by atoms with Gasteiger partial charge < -0.3 is 4.90 Å². The van der Waals surface area contributed by atoms with Crippen LogP contribution in [-0.4, -0.2) is 37.1 Å². The summed E-state index contributed by atoms with van der Waals surface area (Å²) in [5, 5.41) is 0. The van der Waals surface area contributed by atoms with Gasteiger partial charge in [-0.1, -0.05) is 15.9 Å². The summed E-state index contributed by atoms with van der Waals surface area (Å²) in [6.45, 7) is 7.11. The third-order valence-corrected chi connectivity index (χ3v) is 4.98. The SMILES string of the molecule is Cc1cc(N2CCN3CCCC3C2)ccc1Br. The Hall–Kier alpha value is -0.540. The summed E-state index contributed by atoms with van der Waals surface area (Å²) in [5.41, 5.74) is 2.72. The summed E-state index contributed by atoms with van der Waals surface area (Å²) >= 11 is 3.57. The zero-order valence-corrected chi connectivity index (χ0v) is 11.9. The van der Waals surface area contributed by atoms with Crippen LogP contribution in [0.1, 0.15) is 18.4 Å². The molecule has 2 saturated heterocycles. The maximum Gasteiger partial charge on any atom is 0.0370 e. The van der Waals surface area contributed by atoms with Crippen LogP contribution >= 0.6 is 15.9 Å². The van der Waals surface area contributed by atoms with Crippen LogP contribution in [-0.2, 0) is 0 Å². The third kappa shape index (κ3) is 2.23. The Kier molecular flexibility index (Phi) is 3.14. The average Bonchev–Trinajstić information content (AvgIpc) is 2.79. The number of rotatable bonds is 1. The second kappa shape index (κ2) is 4.62. The third-order valence-electron chi connectivity index (χ3n) is 4.09. The molecule has 2 nitrogen and oxygen atoms in total. The number of piperazine rings is 1. The van der Waals surface area contributed by atoms with Crippen molar-refractivity contribution in [3.05, 3.63) is 28.2 Å². The Bertz CT molecular complexity index is 419. The Morgan fingerprint density at radius 1 is 1.24 bits per heavy atom. The average molecular weight is 295 g/mol. The van der Waals surface area contributed by atoms with E-state index in [0.29, 0.717) is 0 Å². The van der Waals surface area contributed by atoms with Gasteiger partial charge in [-0.15, -0.1) is 0 Å². The van der Waals surface area contributed by atoms with Crippen LogP contribution < -0.4 is 4.90 Å². The van der Waals surface area contributed by atoms with Gasteiger partial charge in [0.05, 0.1) is 0 Å². The fourth-order valence-corrected chi connectivity index (χ4v) is 3.30. The number of hydrogen-bond acceptors (Lipinski definition) is 2. The first-order chi connectivity index (χ1) is 8.24. The number of aryl methyl sites for hydroxylation is 1. The summed E-state index contributed by atoms with van der Waals surface area (Å²) in [7, 11) is 0. The quantitative estimate of drug-likeness (QED) is 0.786. The van der Waals surface area contributed by atoms with Crippen molar-refractivity contribution >= 4 is 21.6 Å². The van der Waals surface area contributed by atoms with Crippen LogP contribution in [0.3, 0.4) is 0 Å². The Morgan fingerprint density at radius 2 is 2.12 bits per heavy atom. The van der Waals surface area contributed by atoms with Crippen molar-refractivity contribution in [2.75, 3.05) is 31.1 Å². The highest BCUT2D eigenvalue weighted by molar-refractivity contribution is 9.10. The van der Waals surface area contributed by atoms with E-state index in [4.69, 9.17) is 0 Å². The number of anilines is 1. The molecule has 0 N–H and O–H groups in total. The number of benzene rings is 1. The molecule has 2 aliphatic heterocycles. The lowest BCUT2D eigenvalue weighted by atomic mass is 10.1. The van der Waals surface area contributed by atoms with Crippen molar-refractivity contribution < 1.29 is 0 Å². The lowest BCUT2D eigenvalue weighted by molar-refractivity contribution is 0.231. The molecule has 2 heterocycles.